The maximum absolute atomic E-state index is 14.0. The summed E-state index contributed by atoms with van der Waals surface area (Å²) in [7, 11) is 0. The van der Waals surface area contributed by atoms with Gasteiger partial charge in [0.15, 0.2) is 5.78 Å². The van der Waals surface area contributed by atoms with E-state index in [4.69, 9.17) is 18.9 Å². The summed E-state index contributed by atoms with van der Waals surface area (Å²) in [4.78, 5) is 39.6. The summed E-state index contributed by atoms with van der Waals surface area (Å²) in [6.45, 7) is 36.4. The molecule has 0 aromatic heterocycles. The summed E-state index contributed by atoms with van der Waals surface area (Å²) < 4.78 is 23.5. The minimum atomic E-state index is -0.688. The van der Waals surface area contributed by atoms with Crippen molar-refractivity contribution in [1.82, 2.24) is 16.0 Å². The van der Waals surface area contributed by atoms with Gasteiger partial charge in [-0.3, -0.25) is 14.4 Å². The standard InChI is InChI=1S/C43H77N3O7/c1-37(2,3)50-26-24-40(10,11)44-28-33(29-45-41(12,13)25-27-51-38(4,5)6)35(48)31-18-20-32(21-19-31)36(49)46-42(14,15)30-52-43(16,17)23-22-34(47)53-39(7,8)9/h18-21,33,44-45H,22-30H2,1-17H3,(H,46,49). The second-order valence-electron chi connectivity index (χ2n) is 20.1. The van der Waals surface area contributed by atoms with E-state index in [0.29, 0.717) is 43.9 Å². The van der Waals surface area contributed by atoms with E-state index in [1.54, 1.807) is 24.3 Å². The topological polar surface area (TPSA) is 124 Å². The molecule has 1 aromatic rings. The van der Waals surface area contributed by atoms with Crippen LogP contribution in [0.4, 0.5) is 0 Å². The van der Waals surface area contributed by atoms with Crippen molar-refractivity contribution in [3.8, 4) is 0 Å². The largest absolute Gasteiger partial charge is 0.460 e. The van der Waals surface area contributed by atoms with Gasteiger partial charge in [0.25, 0.3) is 5.91 Å². The zero-order chi connectivity index (χ0) is 41.1. The Bertz CT molecular complexity index is 1260. The molecule has 0 spiro atoms. The predicted molar refractivity (Wildman–Crippen MR) is 216 cm³/mol. The number of Topliss-reactive ketones (excluding diaryl/α,β-unsaturated/α-hetero) is 1. The molecule has 0 aliphatic heterocycles. The van der Waals surface area contributed by atoms with Gasteiger partial charge < -0.3 is 34.9 Å². The van der Waals surface area contributed by atoms with Crippen molar-refractivity contribution in [3.05, 3.63) is 35.4 Å². The third-order valence-corrected chi connectivity index (χ3v) is 8.61. The Morgan fingerprint density at radius 3 is 1.42 bits per heavy atom. The lowest BCUT2D eigenvalue weighted by atomic mass is 9.92. The molecule has 306 valence electrons. The highest BCUT2D eigenvalue weighted by molar-refractivity contribution is 6.00. The van der Waals surface area contributed by atoms with E-state index in [1.807, 2.05) is 90.0 Å². The number of ketones is 1. The summed E-state index contributed by atoms with van der Waals surface area (Å²) in [5.41, 5.74) is -1.73. The molecule has 0 unspecified atom stereocenters. The molecule has 53 heavy (non-hydrogen) atoms. The summed E-state index contributed by atoms with van der Waals surface area (Å²) in [5.74, 6) is -0.876. The molecule has 10 heteroatoms. The first kappa shape index (κ1) is 48.6. The lowest BCUT2D eigenvalue weighted by Gasteiger charge is -2.33. The molecule has 0 atom stereocenters. The van der Waals surface area contributed by atoms with Crippen molar-refractivity contribution < 1.29 is 33.3 Å². The fourth-order valence-electron chi connectivity index (χ4n) is 5.14. The molecule has 0 heterocycles. The zero-order valence-corrected chi connectivity index (χ0v) is 36.6. The molecule has 0 saturated carbocycles. The van der Waals surface area contributed by atoms with Crippen LogP contribution in [-0.2, 0) is 23.7 Å². The van der Waals surface area contributed by atoms with Gasteiger partial charge in [-0.1, -0.05) is 12.1 Å². The van der Waals surface area contributed by atoms with Crippen molar-refractivity contribution in [3.63, 3.8) is 0 Å². The third kappa shape index (κ3) is 22.6. The van der Waals surface area contributed by atoms with Crippen LogP contribution in [0.1, 0.15) is 164 Å². The highest BCUT2D eigenvalue weighted by Gasteiger charge is 2.30. The average Bonchev–Trinajstić information content (AvgIpc) is 2.96. The van der Waals surface area contributed by atoms with Crippen molar-refractivity contribution >= 4 is 17.7 Å². The molecule has 0 aliphatic rings. The van der Waals surface area contributed by atoms with Gasteiger partial charge in [0.05, 0.1) is 28.9 Å². The number of benzene rings is 1. The number of carbonyl (C=O) groups excluding carboxylic acids is 3. The molecule has 0 saturated heterocycles. The molecule has 0 aliphatic carbocycles. The minimum Gasteiger partial charge on any atom is -0.460 e. The van der Waals surface area contributed by atoms with Crippen LogP contribution >= 0.6 is 0 Å². The second-order valence-corrected chi connectivity index (χ2v) is 20.1. The lowest BCUT2D eigenvalue weighted by molar-refractivity contribution is -0.156. The van der Waals surface area contributed by atoms with E-state index in [9.17, 15) is 14.4 Å². The monoisotopic (exact) mass is 748 g/mol. The second kappa shape index (κ2) is 19.5. The van der Waals surface area contributed by atoms with Crippen molar-refractivity contribution in [2.45, 2.75) is 182 Å². The number of carbonyl (C=O) groups is 3. The minimum absolute atomic E-state index is 0.00258. The predicted octanol–water partition coefficient (Wildman–Crippen LogP) is 8.06. The van der Waals surface area contributed by atoms with Gasteiger partial charge in [-0.25, -0.2) is 0 Å². The van der Waals surface area contributed by atoms with E-state index < -0.39 is 16.7 Å². The molecule has 10 nitrogen and oxygen atoms in total. The molecule has 3 N–H and O–H groups in total. The molecule has 0 fully saturated rings. The number of ether oxygens (including phenoxy) is 4. The number of rotatable bonds is 22. The molecule has 1 rings (SSSR count). The van der Waals surface area contributed by atoms with E-state index in [1.165, 1.54) is 0 Å². The Balaban J connectivity index is 2.98. The van der Waals surface area contributed by atoms with Gasteiger partial charge in [-0.15, -0.1) is 0 Å². The van der Waals surface area contributed by atoms with Crippen LogP contribution in [-0.4, -0.2) is 89.6 Å². The van der Waals surface area contributed by atoms with Crippen LogP contribution in [0.2, 0.25) is 0 Å². The zero-order valence-electron chi connectivity index (χ0n) is 36.6. The first-order valence-corrected chi connectivity index (χ1v) is 19.4. The first-order valence-electron chi connectivity index (χ1n) is 19.4. The van der Waals surface area contributed by atoms with Gasteiger partial charge in [0.2, 0.25) is 0 Å². The van der Waals surface area contributed by atoms with E-state index in [-0.39, 0.29) is 58.9 Å². The Morgan fingerprint density at radius 2 is 1.00 bits per heavy atom. The van der Waals surface area contributed by atoms with Gasteiger partial charge in [0.1, 0.15) is 5.60 Å². The molecular formula is C43H77N3O7. The van der Waals surface area contributed by atoms with Crippen LogP contribution < -0.4 is 16.0 Å². The summed E-state index contributed by atoms with van der Waals surface area (Å²) in [6, 6.07) is 6.86. The van der Waals surface area contributed by atoms with Gasteiger partial charge in [-0.05, 0) is 149 Å². The van der Waals surface area contributed by atoms with Crippen LogP contribution in [0.15, 0.2) is 24.3 Å². The lowest BCUT2D eigenvalue weighted by Crippen LogP contribution is -2.50. The number of nitrogens with one attached hydrogen (secondary N) is 3. The maximum Gasteiger partial charge on any atom is 0.306 e. The summed E-state index contributed by atoms with van der Waals surface area (Å²) in [6.07, 6.45) is 2.31. The fourth-order valence-corrected chi connectivity index (χ4v) is 5.14. The average molecular weight is 748 g/mol. The summed E-state index contributed by atoms with van der Waals surface area (Å²) >= 11 is 0. The van der Waals surface area contributed by atoms with Crippen molar-refractivity contribution in [1.29, 1.82) is 0 Å². The van der Waals surface area contributed by atoms with Crippen molar-refractivity contribution in [2.24, 2.45) is 5.92 Å². The molecule has 0 bridgehead atoms. The molecule has 0 radical (unpaired) electrons. The Hall–Kier alpha value is -2.37. The fraction of sp³-hybridized carbons (Fsp3) is 0.791. The van der Waals surface area contributed by atoms with E-state index >= 15 is 0 Å². The first-order chi connectivity index (χ1) is 23.8. The Kier molecular flexibility index (Phi) is 17.9. The maximum atomic E-state index is 14.0. The van der Waals surface area contributed by atoms with Gasteiger partial charge in [0, 0.05) is 60.8 Å². The number of esters is 1. The number of amides is 1. The van der Waals surface area contributed by atoms with E-state index in [0.717, 1.165) is 12.8 Å². The molecule has 1 aromatic carbocycles. The van der Waals surface area contributed by atoms with E-state index in [2.05, 4.69) is 43.6 Å². The van der Waals surface area contributed by atoms with Crippen LogP contribution in [0, 0.1) is 5.92 Å². The van der Waals surface area contributed by atoms with Crippen LogP contribution in [0.5, 0.6) is 0 Å². The SMILES string of the molecule is CC(C)(CCOC(C)(C)C)NCC(CNC(C)(C)CCOC(C)(C)C)C(=O)c1ccc(C(=O)NC(C)(C)COC(C)(C)CCC(=O)OC(C)(C)C)cc1. The van der Waals surface area contributed by atoms with Crippen LogP contribution in [0.25, 0.3) is 0 Å². The molecular weight excluding hydrogens is 670 g/mol. The number of hydrogen-bond acceptors (Lipinski definition) is 9. The quantitative estimate of drug-likeness (QED) is 0.0799. The normalized spacial score (nSPS) is 13.7. The summed E-state index contributed by atoms with van der Waals surface area (Å²) in [5, 5.41) is 10.3. The highest BCUT2D eigenvalue weighted by atomic mass is 16.6. The van der Waals surface area contributed by atoms with Gasteiger partial charge >= 0.3 is 5.97 Å². The van der Waals surface area contributed by atoms with Gasteiger partial charge in [-0.2, -0.15) is 0 Å². The van der Waals surface area contributed by atoms with Crippen LogP contribution in [0.3, 0.4) is 0 Å². The highest BCUT2D eigenvalue weighted by Crippen LogP contribution is 2.22. The Labute approximate surface area is 323 Å². The Morgan fingerprint density at radius 1 is 0.566 bits per heavy atom. The van der Waals surface area contributed by atoms with Crippen molar-refractivity contribution in [2.75, 3.05) is 32.9 Å². The third-order valence-electron chi connectivity index (χ3n) is 8.61. The smallest absolute Gasteiger partial charge is 0.306 e. The molecule has 1 amide bonds. The number of hydrogen-bond donors (Lipinski definition) is 3.